The molecule has 1 aliphatic heterocycles. The van der Waals surface area contributed by atoms with E-state index < -0.39 is 18.9 Å². The van der Waals surface area contributed by atoms with Gasteiger partial charge in [-0.2, -0.15) is 13.2 Å². The number of carbonyl (C=O) groups excluding carboxylic acids is 2. The molecule has 2 rings (SSSR count). The third-order valence-electron chi connectivity index (χ3n) is 4.11. The van der Waals surface area contributed by atoms with Crippen molar-refractivity contribution in [1.82, 2.24) is 5.32 Å². The maximum atomic E-state index is 12.1. The summed E-state index contributed by atoms with van der Waals surface area (Å²) in [4.78, 5) is 25.5. The summed E-state index contributed by atoms with van der Waals surface area (Å²) in [5.74, 6) is -0.339. The van der Waals surface area contributed by atoms with Crippen LogP contribution in [-0.4, -0.2) is 44.4 Å². The lowest BCUT2D eigenvalue weighted by Gasteiger charge is -2.25. The van der Waals surface area contributed by atoms with Gasteiger partial charge in [0.15, 0.2) is 6.61 Å². The molecule has 9 heteroatoms. The van der Waals surface area contributed by atoms with Crippen molar-refractivity contribution in [3.8, 4) is 0 Å². The molecule has 2 N–H and O–H groups in total. The summed E-state index contributed by atoms with van der Waals surface area (Å²) in [5.41, 5.74) is 1.63. The minimum Gasteiger partial charge on any atom is -0.440 e. The van der Waals surface area contributed by atoms with Crippen LogP contribution in [0.15, 0.2) is 24.3 Å². The van der Waals surface area contributed by atoms with Crippen molar-refractivity contribution in [1.29, 1.82) is 0 Å². The quantitative estimate of drug-likeness (QED) is 0.781. The maximum Gasteiger partial charge on any atom is 0.422 e. The second-order valence-electron chi connectivity index (χ2n) is 6.33. The average Bonchev–Trinajstić information content (AvgIpc) is 2.89. The second-order valence-corrected chi connectivity index (χ2v) is 6.33. The normalized spacial score (nSPS) is 15.0. The minimum atomic E-state index is -4.58. The Hall–Kier alpha value is -2.45. The first-order chi connectivity index (χ1) is 12.8. The Kier molecular flexibility index (Phi) is 7.75. The summed E-state index contributed by atoms with van der Waals surface area (Å²) >= 11 is 0. The molecule has 0 spiro atoms. The number of halogens is 3. The number of nitrogens with zero attached hydrogens (tertiary/aromatic N) is 1. The molecule has 1 aliphatic rings. The molecule has 0 atom stereocenters. The Labute approximate surface area is 156 Å². The predicted octanol–water partition coefficient (Wildman–Crippen LogP) is 3.68. The molecule has 2 amide bonds. The lowest BCUT2D eigenvalue weighted by molar-refractivity contribution is -0.160. The number of alkyl carbamates (subject to hydrolysis) is 1. The third kappa shape index (κ3) is 7.76. The van der Waals surface area contributed by atoms with Crippen molar-refractivity contribution in [2.45, 2.75) is 38.3 Å². The molecule has 6 nitrogen and oxygen atoms in total. The highest BCUT2D eigenvalue weighted by Crippen LogP contribution is 2.28. The van der Waals surface area contributed by atoms with E-state index in [1.807, 2.05) is 24.3 Å². The van der Waals surface area contributed by atoms with Crippen LogP contribution in [0.3, 0.4) is 0 Å². The number of nitrogens with one attached hydrogen (secondary N) is 2. The summed E-state index contributed by atoms with van der Waals surface area (Å²) < 4.78 is 39.9. The largest absolute Gasteiger partial charge is 0.440 e. The van der Waals surface area contributed by atoms with E-state index in [0.29, 0.717) is 5.69 Å². The van der Waals surface area contributed by atoms with E-state index in [0.717, 1.165) is 31.6 Å². The molecule has 1 aromatic carbocycles. The first-order valence-corrected chi connectivity index (χ1v) is 8.96. The fourth-order valence-electron chi connectivity index (χ4n) is 2.86. The number of anilines is 2. The first-order valence-electron chi connectivity index (χ1n) is 8.96. The number of rotatable bonds is 6. The van der Waals surface area contributed by atoms with Gasteiger partial charge in [0.05, 0.1) is 11.4 Å². The molecule has 0 radical (unpaired) electrons. The highest BCUT2D eigenvalue weighted by Gasteiger charge is 2.29. The van der Waals surface area contributed by atoms with E-state index in [2.05, 4.69) is 20.3 Å². The van der Waals surface area contributed by atoms with Crippen molar-refractivity contribution >= 4 is 23.4 Å². The standard InChI is InChI=1S/C18H24F3N3O3/c19-18(20,21)13-27-17(26)22-10-9-16(25)23-14-7-3-4-8-15(14)24-11-5-1-2-6-12-24/h3-4,7-8H,1-2,5-6,9-13H2,(H,22,26)(H,23,25). The Morgan fingerprint density at radius 3 is 2.41 bits per heavy atom. The molecule has 1 saturated heterocycles. The van der Waals surface area contributed by atoms with E-state index in [4.69, 9.17) is 0 Å². The molecule has 0 aliphatic carbocycles. The number of ether oxygens (including phenoxy) is 1. The van der Waals surface area contributed by atoms with Gasteiger partial charge in [0.25, 0.3) is 0 Å². The molecule has 0 saturated carbocycles. The Morgan fingerprint density at radius 1 is 1.07 bits per heavy atom. The molecule has 0 bridgehead atoms. The molecule has 150 valence electrons. The molecule has 1 fully saturated rings. The Bertz CT molecular complexity index is 630. The molecule has 0 aromatic heterocycles. The van der Waals surface area contributed by atoms with Crippen LogP contribution in [0.1, 0.15) is 32.1 Å². The van der Waals surface area contributed by atoms with Crippen molar-refractivity contribution in [2.75, 3.05) is 36.5 Å². The van der Waals surface area contributed by atoms with Crippen LogP contribution in [0.5, 0.6) is 0 Å². The summed E-state index contributed by atoms with van der Waals surface area (Å²) in [6.07, 6.45) is -1.26. The van der Waals surface area contributed by atoms with Crippen LogP contribution in [0, 0.1) is 0 Å². The van der Waals surface area contributed by atoms with Gasteiger partial charge in [0, 0.05) is 26.1 Å². The zero-order chi connectivity index (χ0) is 19.7. The van der Waals surface area contributed by atoms with Crippen molar-refractivity contribution < 1.29 is 27.5 Å². The highest BCUT2D eigenvalue weighted by atomic mass is 19.4. The van der Waals surface area contributed by atoms with Crippen LogP contribution in [0.2, 0.25) is 0 Å². The first kappa shape index (κ1) is 20.9. The van der Waals surface area contributed by atoms with Crippen molar-refractivity contribution in [2.24, 2.45) is 0 Å². The zero-order valence-electron chi connectivity index (χ0n) is 15.0. The van der Waals surface area contributed by atoms with Crippen LogP contribution in [0.25, 0.3) is 0 Å². The summed E-state index contributed by atoms with van der Waals surface area (Å²) in [5, 5.41) is 4.93. The van der Waals surface area contributed by atoms with Gasteiger partial charge in [-0.1, -0.05) is 25.0 Å². The fourth-order valence-corrected chi connectivity index (χ4v) is 2.86. The molecular formula is C18H24F3N3O3. The Morgan fingerprint density at radius 2 is 1.74 bits per heavy atom. The van der Waals surface area contributed by atoms with Crippen LogP contribution in [-0.2, 0) is 9.53 Å². The number of benzene rings is 1. The van der Waals surface area contributed by atoms with Gasteiger partial charge < -0.3 is 20.3 Å². The molecule has 27 heavy (non-hydrogen) atoms. The molecule has 1 aromatic rings. The number of alkyl halides is 3. The smallest absolute Gasteiger partial charge is 0.422 e. The van der Waals surface area contributed by atoms with Gasteiger partial charge in [0.1, 0.15) is 0 Å². The average molecular weight is 387 g/mol. The number of carbonyl (C=O) groups is 2. The minimum absolute atomic E-state index is 0.0740. The summed E-state index contributed by atoms with van der Waals surface area (Å²) in [7, 11) is 0. The second kappa shape index (κ2) is 10.0. The Balaban J connectivity index is 1.81. The number of amides is 2. The molecule has 0 unspecified atom stereocenters. The van der Waals surface area contributed by atoms with E-state index in [-0.39, 0.29) is 18.9 Å². The highest BCUT2D eigenvalue weighted by molar-refractivity contribution is 5.94. The number of para-hydroxylation sites is 2. The summed E-state index contributed by atoms with van der Waals surface area (Å²) in [6.45, 7) is 0.0849. The van der Waals surface area contributed by atoms with Gasteiger partial charge >= 0.3 is 12.3 Å². The molecular weight excluding hydrogens is 363 g/mol. The van der Waals surface area contributed by atoms with E-state index in [1.165, 1.54) is 12.8 Å². The van der Waals surface area contributed by atoms with Gasteiger partial charge in [-0.05, 0) is 25.0 Å². The SMILES string of the molecule is O=C(CCNC(=O)OCC(F)(F)F)Nc1ccccc1N1CCCCCC1. The number of hydrogen-bond donors (Lipinski definition) is 2. The summed E-state index contributed by atoms with van der Waals surface area (Å²) in [6, 6.07) is 7.49. The molecule has 1 heterocycles. The third-order valence-corrected chi connectivity index (χ3v) is 4.11. The van der Waals surface area contributed by atoms with Crippen LogP contribution >= 0.6 is 0 Å². The monoisotopic (exact) mass is 387 g/mol. The van der Waals surface area contributed by atoms with Gasteiger partial charge in [-0.15, -0.1) is 0 Å². The lowest BCUT2D eigenvalue weighted by atomic mass is 10.2. The van der Waals surface area contributed by atoms with E-state index in [1.54, 1.807) is 0 Å². The van der Waals surface area contributed by atoms with Crippen molar-refractivity contribution in [3.05, 3.63) is 24.3 Å². The van der Waals surface area contributed by atoms with Gasteiger partial charge in [0.2, 0.25) is 5.91 Å². The predicted molar refractivity (Wildman–Crippen MR) is 95.8 cm³/mol. The van der Waals surface area contributed by atoms with Crippen molar-refractivity contribution in [3.63, 3.8) is 0 Å². The van der Waals surface area contributed by atoms with Gasteiger partial charge in [-0.25, -0.2) is 4.79 Å². The van der Waals surface area contributed by atoms with Crippen LogP contribution in [0.4, 0.5) is 29.3 Å². The fraction of sp³-hybridized carbons (Fsp3) is 0.556. The topological polar surface area (TPSA) is 70.7 Å². The lowest BCUT2D eigenvalue weighted by Crippen LogP contribution is -2.31. The maximum absolute atomic E-state index is 12.1. The van der Waals surface area contributed by atoms with Crippen LogP contribution < -0.4 is 15.5 Å². The number of hydrogen-bond acceptors (Lipinski definition) is 4. The zero-order valence-corrected chi connectivity index (χ0v) is 15.0. The van der Waals surface area contributed by atoms with Gasteiger partial charge in [-0.3, -0.25) is 4.79 Å². The van der Waals surface area contributed by atoms with E-state index in [9.17, 15) is 22.8 Å². The van der Waals surface area contributed by atoms with E-state index >= 15 is 0 Å².